The van der Waals surface area contributed by atoms with Crippen LogP contribution in [0, 0.1) is 13.8 Å². The van der Waals surface area contributed by atoms with Gasteiger partial charge in [0.1, 0.15) is 12.0 Å². The highest BCUT2D eigenvalue weighted by molar-refractivity contribution is 5.43. The lowest BCUT2D eigenvalue weighted by Gasteiger charge is -2.11. The van der Waals surface area contributed by atoms with Crippen LogP contribution in [0.3, 0.4) is 0 Å². The Balaban J connectivity index is 2.52. The first-order valence-corrected chi connectivity index (χ1v) is 4.82. The maximum atomic E-state index is 13.1. The molecule has 0 aliphatic heterocycles. The first-order valence-electron chi connectivity index (χ1n) is 4.82. The molecule has 7 heteroatoms. The molecule has 92 valence electrons. The molecule has 2 aromatic heterocycles. The average molecular weight is 247 g/mol. The van der Waals surface area contributed by atoms with E-state index in [-0.39, 0.29) is 5.65 Å². The first kappa shape index (κ1) is 11.8. The molecule has 3 nitrogen and oxygen atoms in total. The number of nitrogens with zero attached hydrogens (tertiary/aromatic N) is 3. The van der Waals surface area contributed by atoms with E-state index >= 15 is 0 Å². The van der Waals surface area contributed by atoms with Gasteiger partial charge in [0.25, 0.3) is 0 Å². The van der Waals surface area contributed by atoms with Gasteiger partial charge in [-0.1, -0.05) is 0 Å². The molecule has 0 bridgehead atoms. The molecule has 0 radical (unpaired) electrons. The van der Waals surface area contributed by atoms with Gasteiger partial charge >= 0.3 is 6.18 Å². The van der Waals surface area contributed by atoms with Crippen LogP contribution in [0.2, 0.25) is 0 Å². The highest BCUT2D eigenvalue weighted by atomic mass is 19.4. The van der Waals surface area contributed by atoms with E-state index in [1.165, 1.54) is 4.40 Å². The number of imidazole rings is 1. The number of alkyl halides is 4. The van der Waals surface area contributed by atoms with Crippen LogP contribution in [0.25, 0.3) is 5.65 Å². The summed E-state index contributed by atoms with van der Waals surface area (Å²) in [5.74, 6) is 0. The zero-order chi connectivity index (χ0) is 12.8. The van der Waals surface area contributed by atoms with Gasteiger partial charge in [-0.15, -0.1) is 0 Å². The molecule has 2 heterocycles. The Kier molecular flexibility index (Phi) is 2.56. The number of hydrogen-bond donors (Lipinski definition) is 0. The predicted molar refractivity (Wildman–Crippen MR) is 52.4 cm³/mol. The van der Waals surface area contributed by atoms with Gasteiger partial charge in [0.15, 0.2) is 0 Å². The third-order valence-electron chi connectivity index (χ3n) is 2.56. The predicted octanol–water partition coefficient (Wildman–Crippen LogP) is 2.92. The van der Waals surface area contributed by atoms with Crippen molar-refractivity contribution in [3.8, 4) is 0 Å². The molecule has 2 rings (SSSR count). The van der Waals surface area contributed by atoms with Gasteiger partial charge in [-0.3, -0.25) is 4.40 Å². The van der Waals surface area contributed by atoms with E-state index in [0.717, 1.165) is 18.1 Å². The molecule has 0 spiro atoms. The van der Waals surface area contributed by atoms with Crippen LogP contribution < -0.4 is 0 Å². The van der Waals surface area contributed by atoms with E-state index in [1.54, 1.807) is 13.8 Å². The number of fused-ring (bicyclic) bond motifs is 1. The van der Waals surface area contributed by atoms with Crippen molar-refractivity contribution in [1.29, 1.82) is 0 Å². The van der Waals surface area contributed by atoms with Crippen molar-refractivity contribution in [1.82, 2.24) is 14.4 Å². The lowest BCUT2D eigenvalue weighted by molar-refractivity contribution is -0.183. The van der Waals surface area contributed by atoms with Gasteiger partial charge in [-0.2, -0.15) is 13.2 Å². The molecule has 0 aliphatic rings. The van der Waals surface area contributed by atoms with Crippen LogP contribution >= 0.6 is 0 Å². The molecule has 1 atom stereocenters. The molecule has 0 saturated heterocycles. The number of aryl methyl sites for hydroxylation is 2. The lowest BCUT2D eigenvalue weighted by Crippen LogP contribution is -2.17. The quantitative estimate of drug-likeness (QED) is 0.725. The van der Waals surface area contributed by atoms with Crippen molar-refractivity contribution in [2.24, 2.45) is 0 Å². The summed E-state index contributed by atoms with van der Waals surface area (Å²) in [6.45, 7) is 3.48. The van der Waals surface area contributed by atoms with Crippen molar-refractivity contribution in [3.63, 3.8) is 0 Å². The SMILES string of the molecule is Cc1nc2cc(C(F)C(F)(F)F)ncn2c1C. The molecular formula is C10H9F4N3. The molecular weight excluding hydrogens is 238 g/mol. The summed E-state index contributed by atoms with van der Waals surface area (Å²) in [7, 11) is 0. The van der Waals surface area contributed by atoms with Crippen LogP contribution in [0.15, 0.2) is 12.4 Å². The zero-order valence-corrected chi connectivity index (χ0v) is 9.09. The second-order valence-corrected chi connectivity index (χ2v) is 3.73. The molecule has 0 fully saturated rings. The van der Waals surface area contributed by atoms with Gasteiger partial charge in [-0.25, -0.2) is 14.4 Å². The van der Waals surface area contributed by atoms with Crippen molar-refractivity contribution in [2.75, 3.05) is 0 Å². The average Bonchev–Trinajstić information content (AvgIpc) is 2.52. The number of hydrogen-bond acceptors (Lipinski definition) is 2. The Morgan fingerprint density at radius 3 is 2.53 bits per heavy atom. The third-order valence-corrected chi connectivity index (χ3v) is 2.56. The van der Waals surface area contributed by atoms with Crippen LogP contribution in [0.1, 0.15) is 23.3 Å². The molecule has 17 heavy (non-hydrogen) atoms. The van der Waals surface area contributed by atoms with E-state index in [4.69, 9.17) is 0 Å². The molecule has 0 aliphatic carbocycles. The van der Waals surface area contributed by atoms with E-state index < -0.39 is 18.0 Å². The number of rotatable bonds is 1. The minimum Gasteiger partial charge on any atom is -0.287 e. The fraction of sp³-hybridized carbons (Fsp3) is 0.400. The summed E-state index contributed by atoms with van der Waals surface area (Å²) in [6.07, 6.45) is -6.87. The van der Waals surface area contributed by atoms with Crippen LogP contribution in [0.4, 0.5) is 17.6 Å². The van der Waals surface area contributed by atoms with Crippen molar-refractivity contribution >= 4 is 5.65 Å². The molecule has 1 unspecified atom stereocenters. The summed E-state index contributed by atoms with van der Waals surface area (Å²) in [4.78, 5) is 7.50. The van der Waals surface area contributed by atoms with Gasteiger partial charge < -0.3 is 0 Å². The highest BCUT2D eigenvalue weighted by Gasteiger charge is 2.42. The zero-order valence-electron chi connectivity index (χ0n) is 9.09. The molecule has 0 N–H and O–H groups in total. The van der Waals surface area contributed by atoms with Gasteiger partial charge in [-0.05, 0) is 13.8 Å². The van der Waals surface area contributed by atoms with Gasteiger partial charge in [0, 0.05) is 11.8 Å². The Hall–Kier alpha value is -1.66. The highest BCUT2D eigenvalue weighted by Crippen LogP contribution is 2.35. The maximum absolute atomic E-state index is 13.1. The van der Waals surface area contributed by atoms with Crippen molar-refractivity contribution in [2.45, 2.75) is 26.2 Å². The molecule has 0 amide bonds. The van der Waals surface area contributed by atoms with Crippen LogP contribution in [-0.2, 0) is 0 Å². The largest absolute Gasteiger partial charge is 0.425 e. The van der Waals surface area contributed by atoms with E-state index in [0.29, 0.717) is 5.69 Å². The molecule has 0 aromatic carbocycles. The minimum absolute atomic E-state index is 0.261. The van der Waals surface area contributed by atoms with E-state index in [2.05, 4.69) is 9.97 Å². The van der Waals surface area contributed by atoms with Gasteiger partial charge in [0.05, 0.1) is 11.4 Å². The lowest BCUT2D eigenvalue weighted by atomic mass is 10.2. The second-order valence-electron chi connectivity index (χ2n) is 3.73. The molecule has 2 aromatic rings. The summed E-state index contributed by atoms with van der Waals surface area (Å²) < 4.78 is 51.1. The summed E-state index contributed by atoms with van der Waals surface area (Å²) >= 11 is 0. The van der Waals surface area contributed by atoms with Crippen LogP contribution in [0.5, 0.6) is 0 Å². The third kappa shape index (κ3) is 1.96. The van der Waals surface area contributed by atoms with Crippen molar-refractivity contribution < 1.29 is 17.6 Å². The Morgan fingerprint density at radius 2 is 1.94 bits per heavy atom. The topological polar surface area (TPSA) is 30.2 Å². The smallest absolute Gasteiger partial charge is 0.287 e. The Morgan fingerprint density at radius 1 is 1.29 bits per heavy atom. The van der Waals surface area contributed by atoms with Gasteiger partial charge in [0.2, 0.25) is 6.17 Å². The maximum Gasteiger partial charge on any atom is 0.425 e. The normalized spacial score (nSPS) is 14.2. The van der Waals surface area contributed by atoms with E-state index in [1.807, 2.05) is 0 Å². The Bertz CT molecular complexity index is 558. The van der Waals surface area contributed by atoms with Crippen LogP contribution in [-0.4, -0.2) is 20.5 Å². The fourth-order valence-corrected chi connectivity index (χ4v) is 1.50. The summed E-state index contributed by atoms with van der Waals surface area (Å²) in [6, 6.07) is 1.01. The monoisotopic (exact) mass is 247 g/mol. The van der Waals surface area contributed by atoms with Crippen molar-refractivity contribution in [3.05, 3.63) is 29.5 Å². The first-order chi connectivity index (χ1) is 7.80. The fourth-order valence-electron chi connectivity index (χ4n) is 1.50. The second kappa shape index (κ2) is 3.68. The number of aromatic nitrogens is 3. The summed E-state index contributed by atoms with van der Waals surface area (Å²) in [5.41, 5.74) is 1.03. The minimum atomic E-state index is -4.94. The molecule has 0 saturated carbocycles. The summed E-state index contributed by atoms with van der Waals surface area (Å²) in [5, 5.41) is 0. The Labute approximate surface area is 94.1 Å². The standard InChI is InChI=1S/C10H9F4N3/c1-5-6(2)17-4-15-7(3-8(17)16-5)9(11)10(12,13)14/h3-4,9H,1-2H3. The number of halogens is 4. The van der Waals surface area contributed by atoms with E-state index in [9.17, 15) is 17.6 Å².